The fourth-order valence-corrected chi connectivity index (χ4v) is 9.24. The second-order valence-electron chi connectivity index (χ2n) is 10.3. The van der Waals surface area contributed by atoms with E-state index >= 15 is 0 Å². The standard InChI is InChI=1S/C23H37IO/c1-4-5-14-23(25-24)16-12-20-18-10-9-17-8-6-7-13-21(17,2)19(18)11-15-22(20,23)3/h4,17-20H,1,5-16H2,2-3H3/t17-,18-,19+,20+,21+,22+,23+/m1/s1. The van der Waals surface area contributed by atoms with Crippen molar-refractivity contribution < 1.29 is 3.07 Å². The van der Waals surface area contributed by atoms with Crippen molar-refractivity contribution in [2.75, 3.05) is 0 Å². The first kappa shape index (κ1) is 18.8. The van der Waals surface area contributed by atoms with Crippen molar-refractivity contribution in [3.63, 3.8) is 0 Å². The minimum absolute atomic E-state index is 0.0989. The summed E-state index contributed by atoms with van der Waals surface area (Å²) in [5, 5.41) is 0. The molecule has 4 fully saturated rings. The second-order valence-corrected chi connectivity index (χ2v) is 10.7. The van der Waals surface area contributed by atoms with Crippen LogP contribution in [0, 0.1) is 34.5 Å². The van der Waals surface area contributed by atoms with Crippen molar-refractivity contribution in [1.29, 1.82) is 0 Å². The molecule has 0 aromatic heterocycles. The van der Waals surface area contributed by atoms with Gasteiger partial charge in [0.15, 0.2) is 0 Å². The van der Waals surface area contributed by atoms with Gasteiger partial charge < -0.3 is 3.07 Å². The Hall–Kier alpha value is 0.430. The molecular weight excluding hydrogens is 419 g/mol. The van der Waals surface area contributed by atoms with Gasteiger partial charge in [-0.3, -0.25) is 0 Å². The molecule has 0 N–H and O–H groups in total. The number of hydrogen-bond acceptors (Lipinski definition) is 1. The van der Waals surface area contributed by atoms with Crippen LogP contribution in [0.1, 0.15) is 90.9 Å². The van der Waals surface area contributed by atoms with E-state index in [1.54, 1.807) is 0 Å². The molecule has 1 nitrogen and oxygen atoms in total. The summed E-state index contributed by atoms with van der Waals surface area (Å²) >= 11 is 2.23. The van der Waals surface area contributed by atoms with Crippen molar-refractivity contribution in [3.8, 4) is 0 Å². The van der Waals surface area contributed by atoms with E-state index < -0.39 is 0 Å². The van der Waals surface area contributed by atoms with Gasteiger partial charge in [0.2, 0.25) is 0 Å². The molecule has 4 aliphatic rings. The van der Waals surface area contributed by atoms with Gasteiger partial charge in [-0.05, 0) is 93.3 Å². The average molecular weight is 456 g/mol. The zero-order chi connectivity index (χ0) is 17.7. The molecule has 0 amide bonds. The number of hydrogen-bond donors (Lipinski definition) is 0. The molecule has 0 saturated heterocycles. The minimum Gasteiger partial charge on any atom is -0.309 e. The van der Waals surface area contributed by atoms with Gasteiger partial charge in [0.25, 0.3) is 0 Å². The van der Waals surface area contributed by atoms with Crippen LogP contribution in [0.25, 0.3) is 0 Å². The highest BCUT2D eigenvalue weighted by atomic mass is 127. The largest absolute Gasteiger partial charge is 0.309 e. The van der Waals surface area contributed by atoms with E-state index in [4.69, 9.17) is 3.07 Å². The molecule has 4 rings (SSSR count). The lowest BCUT2D eigenvalue weighted by Crippen LogP contribution is -2.56. The van der Waals surface area contributed by atoms with E-state index in [9.17, 15) is 0 Å². The average Bonchev–Trinajstić information content (AvgIpc) is 2.92. The van der Waals surface area contributed by atoms with Crippen LogP contribution in [0.4, 0.5) is 0 Å². The smallest absolute Gasteiger partial charge is 0.110 e. The lowest BCUT2D eigenvalue weighted by molar-refractivity contribution is -0.136. The highest BCUT2D eigenvalue weighted by Crippen LogP contribution is 2.69. The Morgan fingerprint density at radius 1 is 1.00 bits per heavy atom. The van der Waals surface area contributed by atoms with Crippen LogP contribution in [0.2, 0.25) is 0 Å². The van der Waals surface area contributed by atoms with Gasteiger partial charge in [-0.2, -0.15) is 0 Å². The summed E-state index contributed by atoms with van der Waals surface area (Å²) in [6, 6.07) is 0. The zero-order valence-electron chi connectivity index (χ0n) is 16.4. The predicted molar refractivity (Wildman–Crippen MR) is 114 cm³/mol. The molecule has 0 unspecified atom stereocenters. The third kappa shape index (κ3) is 2.62. The van der Waals surface area contributed by atoms with Gasteiger partial charge in [0.05, 0.1) is 5.60 Å². The third-order valence-corrected chi connectivity index (χ3v) is 10.6. The van der Waals surface area contributed by atoms with Crippen molar-refractivity contribution >= 4 is 23.0 Å². The normalized spacial score (nSPS) is 52.1. The quantitative estimate of drug-likeness (QED) is 0.315. The molecular formula is C23H37IO. The Labute approximate surface area is 169 Å². The van der Waals surface area contributed by atoms with Gasteiger partial charge in [-0.1, -0.05) is 32.8 Å². The first-order valence-electron chi connectivity index (χ1n) is 10.9. The Bertz CT molecular complexity index is 518. The summed E-state index contributed by atoms with van der Waals surface area (Å²) < 4.78 is 6.31. The molecule has 0 heterocycles. The molecule has 0 aliphatic heterocycles. The van der Waals surface area contributed by atoms with Crippen LogP contribution in [-0.2, 0) is 3.07 Å². The number of rotatable bonds is 4. The van der Waals surface area contributed by atoms with Crippen molar-refractivity contribution in [3.05, 3.63) is 12.7 Å². The first-order valence-corrected chi connectivity index (χ1v) is 11.8. The van der Waals surface area contributed by atoms with Crippen molar-refractivity contribution in [2.45, 2.75) is 96.5 Å². The van der Waals surface area contributed by atoms with E-state index in [0.717, 1.165) is 30.1 Å². The fourth-order valence-electron chi connectivity index (χ4n) is 8.30. The first-order chi connectivity index (χ1) is 12.0. The van der Waals surface area contributed by atoms with Crippen molar-refractivity contribution in [2.24, 2.45) is 34.5 Å². The van der Waals surface area contributed by atoms with Crippen LogP contribution in [-0.4, -0.2) is 5.60 Å². The Morgan fingerprint density at radius 2 is 1.80 bits per heavy atom. The molecule has 0 radical (unpaired) electrons. The van der Waals surface area contributed by atoms with E-state index in [1.165, 1.54) is 70.6 Å². The maximum absolute atomic E-state index is 6.31. The SMILES string of the molecule is C=CCC[C@]1(OI)CC[C@H]2[C@@H]3CC[C@H]4CCCC[C@]4(C)[C@H]3CC[C@@]21C. The zero-order valence-corrected chi connectivity index (χ0v) is 18.5. The second kappa shape index (κ2) is 6.79. The topological polar surface area (TPSA) is 9.23 Å². The van der Waals surface area contributed by atoms with Crippen LogP contribution >= 0.6 is 23.0 Å². The van der Waals surface area contributed by atoms with Crippen LogP contribution in [0.5, 0.6) is 0 Å². The Kier molecular flexibility index (Phi) is 5.10. The summed E-state index contributed by atoms with van der Waals surface area (Å²) in [6.07, 6.45) is 18.9. The number of allylic oxidation sites excluding steroid dienone is 1. The van der Waals surface area contributed by atoms with Crippen molar-refractivity contribution in [1.82, 2.24) is 0 Å². The summed E-state index contributed by atoms with van der Waals surface area (Å²) in [5.74, 6) is 3.88. The monoisotopic (exact) mass is 456 g/mol. The van der Waals surface area contributed by atoms with E-state index in [-0.39, 0.29) is 5.60 Å². The summed E-state index contributed by atoms with van der Waals surface area (Å²) in [5.41, 5.74) is 1.14. The molecule has 7 atom stereocenters. The van der Waals surface area contributed by atoms with Gasteiger partial charge >= 0.3 is 0 Å². The molecule has 0 bridgehead atoms. The highest BCUT2D eigenvalue weighted by molar-refractivity contribution is 14.1. The summed E-state index contributed by atoms with van der Waals surface area (Å²) in [7, 11) is 0. The van der Waals surface area contributed by atoms with E-state index in [1.807, 2.05) is 0 Å². The maximum atomic E-state index is 6.31. The molecule has 0 spiro atoms. The molecule has 0 aromatic carbocycles. The van der Waals surface area contributed by atoms with Crippen LogP contribution in [0.15, 0.2) is 12.7 Å². The van der Waals surface area contributed by atoms with E-state index in [0.29, 0.717) is 10.8 Å². The Balaban J connectivity index is 1.62. The molecule has 4 saturated carbocycles. The fraction of sp³-hybridized carbons (Fsp3) is 0.913. The number of halogens is 1. The third-order valence-electron chi connectivity index (χ3n) is 9.77. The lowest BCUT2D eigenvalue weighted by atomic mass is 9.44. The van der Waals surface area contributed by atoms with Gasteiger partial charge in [-0.25, -0.2) is 0 Å². The van der Waals surface area contributed by atoms with E-state index in [2.05, 4.69) is 49.5 Å². The molecule has 142 valence electrons. The lowest BCUT2D eigenvalue weighted by Gasteiger charge is -2.61. The number of fused-ring (bicyclic) bond motifs is 5. The predicted octanol–water partition coefficient (Wildman–Crippen LogP) is 7.49. The summed E-state index contributed by atoms with van der Waals surface area (Å²) in [6.45, 7) is 9.26. The molecule has 4 aliphatic carbocycles. The summed E-state index contributed by atoms with van der Waals surface area (Å²) in [4.78, 5) is 0. The molecule has 0 aromatic rings. The molecule has 2 heteroatoms. The maximum Gasteiger partial charge on any atom is 0.110 e. The molecule has 25 heavy (non-hydrogen) atoms. The minimum atomic E-state index is 0.0989. The van der Waals surface area contributed by atoms with Crippen LogP contribution in [0.3, 0.4) is 0 Å². The van der Waals surface area contributed by atoms with Gasteiger partial charge in [0.1, 0.15) is 23.0 Å². The van der Waals surface area contributed by atoms with Crippen LogP contribution < -0.4 is 0 Å². The highest BCUT2D eigenvalue weighted by Gasteiger charge is 2.64. The van der Waals surface area contributed by atoms with Gasteiger partial charge in [-0.15, -0.1) is 6.58 Å². The Morgan fingerprint density at radius 3 is 2.56 bits per heavy atom. The van der Waals surface area contributed by atoms with Gasteiger partial charge in [0, 0.05) is 5.41 Å².